The Bertz CT molecular complexity index is 266. The minimum Gasteiger partial charge on any atom is -0.385 e. The summed E-state index contributed by atoms with van der Waals surface area (Å²) in [7, 11) is 0. The van der Waals surface area contributed by atoms with Gasteiger partial charge in [0, 0.05) is 5.38 Å². The van der Waals surface area contributed by atoms with Crippen LogP contribution in [-0.2, 0) is 0 Å². The van der Waals surface area contributed by atoms with Gasteiger partial charge in [0.2, 0.25) is 0 Å². The molecule has 0 bridgehead atoms. The number of aromatic nitrogens is 1. The summed E-state index contributed by atoms with van der Waals surface area (Å²) in [5.41, 5.74) is -0.142. The van der Waals surface area contributed by atoms with Crippen LogP contribution >= 0.6 is 27.3 Å². The molecule has 4 heteroatoms. The molecule has 0 aromatic carbocycles. The topological polar surface area (TPSA) is 33.1 Å². The summed E-state index contributed by atoms with van der Waals surface area (Å²) in [6.07, 6.45) is -0.478. The number of hydrogen-bond acceptors (Lipinski definition) is 3. The first-order chi connectivity index (χ1) is 5.41. The zero-order valence-electron chi connectivity index (χ0n) is 7.34. The highest BCUT2D eigenvalue weighted by atomic mass is 79.9. The van der Waals surface area contributed by atoms with Gasteiger partial charge < -0.3 is 5.11 Å². The third-order valence-electron chi connectivity index (χ3n) is 1.55. The average molecular weight is 250 g/mol. The van der Waals surface area contributed by atoms with Crippen LogP contribution in [0.2, 0.25) is 0 Å². The molecule has 1 aromatic heterocycles. The quantitative estimate of drug-likeness (QED) is 0.831. The first kappa shape index (κ1) is 10.2. The highest BCUT2D eigenvalue weighted by Crippen LogP contribution is 2.34. The number of halogens is 1. The van der Waals surface area contributed by atoms with Crippen molar-refractivity contribution < 1.29 is 5.11 Å². The van der Waals surface area contributed by atoms with Crippen molar-refractivity contribution in [2.45, 2.75) is 26.9 Å². The zero-order chi connectivity index (χ0) is 9.35. The second kappa shape index (κ2) is 3.44. The van der Waals surface area contributed by atoms with Gasteiger partial charge in [0.1, 0.15) is 15.7 Å². The molecule has 0 spiro atoms. The average Bonchev–Trinajstić information content (AvgIpc) is 2.32. The van der Waals surface area contributed by atoms with Gasteiger partial charge >= 0.3 is 0 Å². The van der Waals surface area contributed by atoms with Crippen LogP contribution in [-0.4, -0.2) is 10.1 Å². The fraction of sp³-hybridized carbons (Fsp3) is 0.625. The Kier molecular flexibility index (Phi) is 2.91. The summed E-state index contributed by atoms with van der Waals surface area (Å²) in [5.74, 6) is 0. The van der Waals surface area contributed by atoms with Crippen molar-refractivity contribution in [1.82, 2.24) is 4.98 Å². The lowest BCUT2D eigenvalue weighted by Gasteiger charge is -2.23. The molecule has 0 amide bonds. The van der Waals surface area contributed by atoms with Crippen LogP contribution in [0.25, 0.3) is 0 Å². The van der Waals surface area contributed by atoms with E-state index in [0.29, 0.717) is 0 Å². The normalized spacial score (nSPS) is 14.8. The molecule has 1 unspecified atom stereocenters. The molecule has 1 N–H and O–H groups in total. The van der Waals surface area contributed by atoms with Gasteiger partial charge in [-0.05, 0) is 21.3 Å². The minimum atomic E-state index is -0.478. The van der Waals surface area contributed by atoms with Crippen molar-refractivity contribution in [2.24, 2.45) is 5.41 Å². The Labute approximate surface area is 84.8 Å². The van der Waals surface area contributed by atoms with Crippen LogP contribution in [0.4, 0.5) is 0 Å². The fourth-order valence-electron chi connectivity index (χ4n) is 0.763. The standard InChI is InChI=1S/C8H12BrNOS/c1-8(2,3)6(11)7-10-5(9)4-12-7/h4,6,11H,1-3H3. The fourth-order valence-corrected chi connectivity index (χ4v) is 2.26. The van der Waals surface area contributed by atoms with E-state index < -0.39 is 6.10 Å². The molecule has 0 radical (unpaired) electrons. The molecule has 68 valence electrons. The molecule has 1 aromatic rings. The van der Waals surface area contributed by atoms with Crippen molar-refractivity contribution in [2.75, 3.05) is 0 Å². The summed E-state index contributed by atoms with van der Waals surface area (Å²) in [4.78, 5) is 4.16. The van der Waals surface area contributed by atoms with Gasteiger partial charge in [-0.3, -0.25) is 0 Å². The Hall–Kier alpha value is 0.0700. The van der Waals surface area contributed by atoms with Gasteiger partial charge in [0.25, 0.3) is 0 Å². The molecule has 0 aliphatic carbocycles. The highest BCUT2D eigenvalue weighted by molar-refractivity contribution is 9.10. The second-order valence-corrected chi connectivity index (χ2v) is 5.48. The SMILES string of the molecule is CC(C)(C)C(O)c1nc(Br)cs1. The predicted octanol–water partition coefficient (Wildman–Crippen LogP) is 2.99. The van der Waals surface area contributed by atoms with E-state index in [4.69, 9.17) is 0 Å². The van der Waals surface area contributed by atoms with E-state index in [2.05, 4.69) is 20.9 Å². The van der Waals surface area contributed by atoms with Crippen LogP contribution in [0, 0.1) is 5.41 Å². The Balaban J connectivity index is 2.85. The highest BCUT2D eigenvalue weighted by Gasteiger charge is 2.26. The van der Waals surface area contributed by atoms with Gasteiger partial charge in [-0.25, -0.2) is 4.98 Å². The molecule has 0 saturated carbocycles. The molecule has 1 heterocycles. The second-order valence-electron chi connectivity index (χ2n) is 3.78. The van der Waals surface area contributed by atoms with Crippen molar-refractivity contribution in [3.63, 3.8) is 0 Å². The van der Waals surface area contributed by atoms with E-state index in [1.165, 1.54) is 11.3 Å². The van der Waals surface area contributed by atoms with Crippen molar-refractivity contribution >= 4 is 27.3 Å². The molecule has 1 atom stereocenters. The van der Waals surface area contributed by atoms with Crippen molar-refractivity contribution in [3.8, 4) is 0 Å². The molecule has 0 aliphatic heterocycles. The summed E-state index contributed by atoms with van der Waals surface area (Å²) in [6, 6.07) is 0. The number of hydrogen-bond donors (Lipinski definition) is 1. The number of aliphatic hydroxyl groups excluding tert-OH is 1. The monoisotopic (exact) mass is 249 g/mol. The molecular formula is C8H12BrNOS. The van der Waals surface area contributed by atoms with Crippen LogP contribution in [0.15, 0.2) is 9.98 Å². The maximum absolute atomic E-state index is 9.80. The molecule has 2 nitrogen and oxygen atoms in total. The lowest BCUT2D eigenvalue weighted by atomic mass is 9.90. The Morgan fingerprint density at radius 3 is 2.50 bits per heavy atom. The summed E-state index contributed by atoms with van der Waals surface area (Å²) in [6.45, 7) is 5.98. The van der Waals surface area contributed by atoms with E-state index in [0.717, 1.165) is 9.61 Å². The molecule has 0 saturated heterocycles. The Morgan fingerprint density at radius 2 is 2.17 bits per heavy atom. The lowest BCUT2D eigenvalue weighted by molar-refractivity contribution is 0.0623. The largest absolute Gasteiger partial charge is 0.385 e. The van der Waals surface area contributed by atoms with Gasteiger partial charge in [-0.15, -0.1) is 11.3 Å². The van der Waals surface area contributed by atoms with Crippen molar-refractivity contribution in [1.29, 1.82) is 0 Å². The zero-order valence-corrected chi connectivity index (χ0v) is 9.74. The van der Waals surface area contributed by atoms with Crippen LogP contribution < -0.4 is 0 Å². The summed E-state index contributed by atoms with van der Waals surface area (Å²) >= 11 is 4.73. The van der Waals surface area contributed by atoms with Crippen LogP contribution in [0.1, 0.15) is 31.9 Å². The number of aliphatic hydroxyl groups is 1. The van der Waals surface area contributed by atoms with E-state index in [1.807, 2.05) is 26.2 Å². The maximum atomic E-state index is 9.80. The molecular weight excluding hydrogens is 238 g/mol. The number of rotatable bonds is 1. The van der Waals surface area contributed by atoms with Crippen LogP contribution in [0.3, 0.4) is 0 Å². The van der Waals surface area contributed by atoms with Gasteiger partial charge in [0.15, 0.2) is 0 Å². The number of thiazole rings is 1. The lowest BCUT2D eigenvalue weighted by Crippen LogP contribution is -2.17. The minimum absolute atomic E-state index is 0.142. The first-order valence-electron chi connectivity index (χ1n) is 3.70. The van der Waals surface area contributed by atoms with Crippen molar-refractivity contribution in [3.05, 3.63) is 15.0 Å². The third-order valence-corrected chi connectivity index (χ3v) is 3.15. The predicted molar refractivity (Wildman–Crippen MR) is 54.2 cm³/mol. The van der Waals surface area contributed by atoms with E-state index in [-0.39, 0.29) is 5.41 Å². The smallest absolute Gasteiger partial charge is 0.123 e. The molecule has 1 rings (SSSR count). The van der Waals surface area contributed by atoms with Crippen LogP contribution in [0.5, 0.6) is 0 Å². The van der Waals surface area contributed by atoms with E-state index in [9.17, 15) is 5.11 Å². The van der Waals surface area contributed by atoms with Gasteiger partial charge in [0.05, 0.1) is 0 Å². The molecule has 12 heavy (non-hydrogen) atoms. The molecule has 0 aliphatic rings. The Morgan fingerprint density at radius 1 is 1.58 bits per heavy atom. The first-order valence-corrected chi connectivity index (χ1v) is 5.37. The molecule has 0 fully saturated rings. The van der Waals surface area contributed by atoms with Gasteiger partial charge in [-0.1, -0.05) is 20.8 Å². The number of nitrogens with zero attached hydrogens (tertiary/aromatic N) is 1. The summed E-state index contributed by atoms with van der Waals surface area (Å²) < 4.78 is 0.797. The van der Waals surface area contributed by atoms with Gasteiger partial charge in [-0.2, -0.15) is 0 Å². The summed E-state index contributed by atoms with van der Waals surface area (Å²) in [5, 5.41) is 12.4. The maximum Gasteiger partial charge on any atom is 0.123 e. The third kappa shape index (κ3) is 2.28. The van der Waals surface area contributed by atoms with E-state index in [1.54, 1.807) is 0 Å². The van der Waals surface area contributed by atoms with E-state index >= 15 is 0 Å².